The molecule has 0 saturated carbocycles. The van der Waals surface area contributed by atoms with Crippen LogP contribution in [0, 0.1) is 0 Å². The standard InChI is InChI=1S/C21H26F3N3O/c1-3-18-11-7-12-25-19(18)16-27(20(28)21(22,23)24)14-8-13-26(2)15-17-9-5-4-6-10-17/h4-7,9-12H,3,8,13-16H2,1-2H3. The minimum absolute atomic E-state index is 0.0250. The maximum absolute atomic E-state index is 13.0. The first-order valence-corrected chi connectivity index (χ1v) is 9.32. The molecule has 28 heavy (non-hydrogen) atoms. The molecule has 1 heterocycles. The highest BCUT2D eigenvalue weighted by Gasteiger charge is 2.42. The normalized spacial score (nSPS) is 11.6. The zero-order chi connectivity index (χ0) is 20.6. The summed E-state index contributed by atoms with van der Waals surface area (Å²) < 4.78 is 39.1. The summed E-state index contributed by atoms with van der Waals surface area (Å²) in [5.74, 6) is -1.81. The largest absolute Gasteiger partial charge is 0.471 e. The third-order valence-electron chi connectivity index (χ3n) is 4.50. The van der Waals surface area contributed by atoms with E-state index in [2.05, 4.69) is 4.98 Å². The van der Waals surface area contributed by atoms with E-state index < -0.39 is 12.1 Å². The van der Waals surface area contributed by atoms with E-state index in [1.807, 2.05) is 55.3 Å². The van der Waals surface area contributed by atoms with Crippen LogP contribution >= 0.6 is 0 Å². The van der Waals surface area contributed by atoms with Crippen molar-refractivity contribution < 1.29 is 18.0 Å². The van der Waals surface area contributed by atoms with Crippen LogP contribution in [-0.4, -0.2) is 47.0 Å². The molecule has 1 amide bonds. The molecule has 0 unspecified atom stereocenters. The van der Waals surface area contributed by atoms with Crippen LogP contribution in [0.2, 0.25) is 0 Å². The summed E-state index contributed by atoms with van der Waals surface area (Å²) in [7, 11) is 1.91. The minimum atomic E-state index is -4.89. The SMILES string of the molecule is CCc1cccnc1CN(CCCN(C)Cc1ccccc1)C(=O)C(F)(F)F. The Morgan fingerprint density at radius 3 is 2.39 bits per heavy atom. The highest BCUT2D eigenvalue weighted by atomic mass is 19.4. The van der Waals surface area contributed by atoms with Gasteiger partial charge in [-0.15, -0.1) is 0 Å². The van der Waals surface area contributed by atoms with Crippen molar-refractivity contribution in [2.75, 3.05) is 20.1 Å². The summed E-state index contributed by atoms with van der Waals surface area (Å²) in [5, 5.41) is 0. The van der Waals surface area contributed by atoms with Crippen molar-refractivity contribution in [3.63, 3.8) is 0 Å². The van der Waals surface area contributed by atoms with Gasteiger partial charge >= 0.3 is 12.1 Å². The van der Waals surface area contributed by atoms with Gasteiger partial charge in [-0.05, 0) is 43.6 Å². The predicted octanol–water partition coefficient (Wildman–Crippen LogP) is 4.06. The van der Waals surface area contributed by atoms with Gasteiger partial charge < -0.3 is 9.80 Å². The lowest BCUT2D eigenvalue weighted by Gasteiger charge is -2.25. The number of pyridine rings is 1. The lowest BCUT2D eigenvalue weighted by Crippen LogP contribution is -2.42. The monoisotopic (exact) mass is 393 g/mol. The molecule has 2 rings (SSSR count). The first kappa shape index (κ1) is 21.9. The summed E-state index contributed by atoms with van der Waals surface area (Å²) in [6.45, 7) is 3.09. The lowest BCUT2D eigenvalue weighted by molar-refractivity contribution is -0.186. The number of carbonyl (C=O) groups is 1. The van der Waals surface area contributed by atoms with E-state index in [-0.39, 0.29) is 13.1 Å². The van der Waals surface area contributed by atoms with Gasteiger partial charge in [-0.25, -0.2) is 0 Å². The van der Waals surface area contributed by atoms with Gasteiger partial charge in [0, 0.05) is 19.3 Å². The second kappa shape index (κ2) is 10.2. The topological polar surface area (TPSA) is 36.4 Å². The Hall–Kier alpha value is -2.41. The number of alkyl halides is 3. The van der Waals surface area contributed by atoms with Crippen LogP contribution in [0.1, 0.15) is 30.2 Å². The Balaban J connectivity index is 1.99. The van der Waals surface area contributed by atoms with Crippen molar-refractivity contribution in [3.8, 4) is 0 Å². The van der Waals surface area contributed by atoms with Crippen LogP contribution in [0.5, 0.6) is 0 Å². The van der Waals surface area contributed by atoms with E-state index >= 15 is 0 Å². The van der Waals surface area contributed by atoms with Crippen molar-refractivity contribution in [1.29, 1.82) is 0 Å². The second-order valence-corrected chi connectivity index (χ2v) is 6.76. The van der Waals surface area contributed by atoms with Gasteiger partial charge in [0.05, 0.1) is 12.2 Å². The molecule has 1 aromatic carbocycles. The van der Waals surface area contributed by atoms with Crippen molar-refractivity contribution in [2.24, 2.45) is 0 Å². The first-order valence-electron chi connectivity index (χ1n) is 9.32. The molecule has 152 valence electrons. The van der Waals surface area contributed by atoms with E-state index in [9.17, 15) is 18.0 Å². The molecular formula is C21H26F3N3O. The molecule has 0 N–H and O–H groups in total. The van der Waals surface area contributed by atoms with Crippen LogP contribution in [0.25, 0.3) is 0 Å². The molecule has 0 aliphatic rings. The van der Waals surface area contributed by atoms with Gasteiger partial charge in [0.25, 0.3) is 0 Å². The van der Waals surface area contributed by atoms with Crippen molar-refractivity contribution in [3.05, 3.63) is 65.5 Å². The molecule has 0 radical (unpaired) electrons. The van der Waals surface area contributed by atoms with E-state index in [1.165, 1.54) is 0 Å². The average Bonchev–Trinajstić information content (AvgIpc) is 2.67. The number of aryl methyl sites for hydroxylation is 1. The molecule has 2 aromatic rings. The molecule has 7 heteroatoms. The average molecular weight is 393 g/mol. The highest BCUT2D eigenvalue weighted by Crippen LogP contribution is 2.21. The number of aromatic nitrogens is 1. The van der Waals surface area contributed by atoms with Gasteiger partial charge in [-0.2, -0.15) is 13.2 Å². The molecule has 0 fully saturated rings. The minimum Gasteiger partial charge on any atom is -0.329 e. The second-order valence-electron chi connectivity index (χ2n) is 6.76. The summed E-state index contributed by atoms with van der Waals surface area (Å²) in [4.78, 5) is 19.0. The molecule has 0 aliphatic heterocycles. The molecule has 0 bridgehead atoms. The number of nitrogens with zero attached hydrogens (tertiary/aromatic N) is 3. The third-order valence-corrected chi connectivity index (χ3v) is 4.50. The van der Waals surface area contributed by atoms with Crippen LogP contribution in [0.4, 0.5) is 13.2 Å². The molecule has 1 aromatic heterocycles. The number of carbonyl (C=O) groups excluding carboxylic acids is 1. The van der Waals surface area contributed by atoms with Gasteiger partial charge in [-0.1, -0.05) is 43.3 Å². The number of hydrogen-bond donors (Lipinski definition) is 0. The number of amides is 1. The Bertz CT molecular complexity index is 750. The van der Waals surface area contributed by atoms with Crippen molar-refractivity contribution in [2.45, 2.75) is 39.0 Å². The Morgan fingerprint density at radius 2 is 1.75 bits per heavy atom. The van der Waals surface area contributed by atoms with Crippen molar-refractivity contribution in [1.82, 2.24) is 14.8 Å². The van der Waals surface area contributed by atoms with Crippen LogP contribution < -0.4 is 0 Å². The smallest absolute Gasteiger partial charge is 0.329 e. The number of hydrogen-bond acceptors (Lipinski definition) is 3. The molecule has 0 spiro atoms. The Labute approximate surface area is 164 Å². The fraction of sp³-hybridized carbons (Fsp3) is 0.429. The van der Waals surface area contributed by atoms with Crippen LogP contribution in [0.15, 0.2) is 48.7 Å². The fourth-order valence-corrected chi connectivity index (χ4v) is 3.05. The maximum Gasteiger partial charge on any atom is 0.471 e. The lowest BCUT2D eigenvalue weighted by atomic mass is 10.1. The molecular weight excluding hydrogens is 367 g/mol. The maximum atomic E-state index is 13.0. The first-order chi connectivity index (χ1) is 13.3. The van der Waals surface area contributed by atoms with Gasteiger partial charge in [-0.3, -0.25) is 9.78 Å². The van der Waals surface area contributed by atoms with Gasteiger partial charge in [0.15, 0.2) is 0 Å². The predicted molar refractivity (Wildman–Crippen MR) is 102 cm³/mol. The third kappa shape index (κ3) is 6.64. The Kier molecular flexibility index (Phi) is 7.99. The van der Waals surface area contributed by atoms with E-state index in [1.54, 1.807) is 12.3 Å². The van der Waals surface area contributed by atoms with Gasteiger partial charge in [0.1, 0.15) is 0 Å². The Morgan fingerprint density at radius 1 is 1.04 bits per heavy atom. The number of benzene rings is 1. The van der Waals surface area contributed by atoms with Crippen LogP contribution in [0.3, 0.4) is 0 Å². The zero-order valence-corrected chi connectivity index (χ0v) is 16.2. The summed E-state index contributed by atoms with van der Waals surface area (Å²) >= 11 is 0. The molecule has 4 nitrogen and oxygen atoms in total. The van der Waals surface area contributed by atoms with E-state index in [0.29, 0.717) is 31.6 Å². The summed E-state index contributed by atoms with van der Waals surface area (Å²) in [6, 6.07) is 13.4. The molecule has 0 aliphatic carbocycles. The van der Waals surface area contributed by atoms with Gasteiger partial charge in [0.2, 0.25) is 0 Å². The number of halogens is 3. The zero-order valence-electron chi connectivity index (χ0n) is 16.2. The highest BCUT2D eigenvalue weighted by molar-refractivity contribution is 5.81. The molecule has 0 saturated heterocycles. The van der Waals surface area contributed by atoms with Crippen LogP contribution in [-0.2, 0) is 24.3 Å². The summed E-state index contributed by atoms with van der Waals surface area (Å²) in [6.07, 6.45) is -2.26. The molecule has 0 atom stereocenters. The van der Waals surface area contributed by atoms with E-state index in [4.69, 9.17) is 0 Å². The van der Waals surface area contributed by atoms with Crippen molar-refractivity contribution >= 4 is 5.91 Å². The van der Waals surface area contributed by atoms with E-state index in [0.717, 1.165) is 16.0 Å². The fourth-order valence-electron chi connectivity index (χ4n) is 3.05. The number of rotatable bonds is 9. The quantitative estimate of drug-likeness (QED) is 0.645. The summed E-state index contributed by atoms with van der Waals surface area (Å²) in [5.41, 5.74) is 2.50.